The third-order valence-corrected chi connectivity index (χ3v) is 4.24. The van der Waals surface area contributed by atoms with Crippen molar-refractivity contribution in [1.82, 2.24) is 10.2 Å². The van der Waals surface area contributed by atoms with Crippen LogP contribution in [0, 0.1) is 6.92 Å². The molecular formula is C19H22N2O4. The lowest BCUT2D eigenvalue weighted by molar-refractivity contribution is -0.155. The summed E-state index contributed by atoms with van der Waals surface area (Å²) in [5.74, 6) is 1.05. The third-order valence-electron chi connectivity index (χ3n) is 4.24. The molecule has 1 aromatic heterocycles. The van der Waals surface area contributed by atoms with Crippen molar-refractivity contribution in [1.29, 1.82) is 0 Å². The number of furan rings is 1. The molecule has 0 unspecified atom stereocenters. The zero-order valence-corrected chi connectivity index (χ0v) is 14.4. The van der Waals surface area contributed by atoms with Crippen molar-refractivity contribution >= 4 is 11.8 Å². The summed E-state index contributed by atoms with van der Waals surface area (Å²) in [5, 5.41) is 2.91. The molecule has 1 aliphatic heterocycles. The molecule has 2 aromatic rings. The molecule has 1 N–H and O–H groups in total. The van der Waals surface area contributed by atoms with Gasteiger partial charge < -0.3 is 19.4 Å². The van der Waals surface area contributed by atoms with Crippen LogP contribution in [-0.2, 0) is 20.9 Å². The van der Waals surface area contributed by atoms with Gasteiger partial charge in [0.15, 0.2) is 0 Å². The highest BCUT2D eigenvalue weighted by Gasteiger charge is 2.34. The Morgan fingerprint density at radius 1 is 1.28 bits per heavy atom. The van der Waals surface area contributed by atoms with Crippen LogP contribution in [0.2, 0.25) is 0 Å². The second-order valence-corrected chi connectivity index (χ2v) is 6.22. The average molecular weight is 342 g/mol. The first-order chi connectivity index (χ1) is 12.0. The predicted octanol–water partition coefficient (Wildman–Crippen LogP) is 2.19. The van der Waals surface area contributed by atoms with Crippen LogP contribution in [0.1, 0.15) is 30.0 Å². The SMILES string of the molecule is Cc1ccc([C@@H](C)NC(=O)[C@@H]2COCC(=O)N2Cc2ccccc2)o1. The maximum Gasteiger partial charge on any atom is 0.249 e. The van der Waals surface area contributed by atoms with Crippen molar-refractivity contribution in [2.24, 2.45) is 0 Å². The number of nitrogens with one attached hydrogen (secondary N) is 1. The topological polar surface area (TPSA) is 71.8 Å². The van der Waals surface area contributed by atoms with Gasteiger partial charge in [0.25, 0.3) is 0 Å². The Morgan fingerprint density at radius 2 is 2.04 bits per heavy atom. The summed E-state index contributed by atoms with van der Waals surface area (Å²) in [5.41, 5.74) is 0.977. The second kappa shape index (κ2) is 7.53. The molecule has 1 fully saturated rings. The number of rotatable bonds is 5. The van der Waals surface area contributed by atoms with E-state index in [1.165, 1.54) is 0 Å². The molecule has 0 spiro atoms. The molecule has 1 aliphatic rings. The summed E-state index contributed by atoms with van der Waals surface area (Å²) in [6.45, 7) is 4.28. The molecule has 25 heavy (non-hydrogen) atoms. The summed E-state index contributed by atoms with van der Waals surface area (Å²) in [6.07, 6.45) is 0. The zero-order chi connectivity index (χ0) is 17.8. The number of nitrogens with zero attached hydrogens (tertiary/aromatic N) is 1. The third kappa shape index (κ3) is 4.09. The van der Waals surface area contributed by atoms with E-state index in [1.807, 2.05) is 56.3 Å². The van der Waals surface area contributed by atoms with Gasteiger partial charge in [-0.2, -0.15) is 0 Å². The summed E-state index contributed by atoms with van der Waals surface area (Å²) in [7, 11) is 0. The zero-order valence-electron chi connectivity index (χ0n) is 14.4. The average Bonchev–Trinajstić information content (AvgIpc) is 3.04. The number of ether oxygens (including phenoxy) is 1. The Morgan fingerprint density at radius 3 is 2.72 bits per heavy atom. The molecule has 1 aromatic carbocycles. The first kappa shape index (κ1) is 17.2. The summed E-state index contributed by atoms with van der Waals surface area (Å²) < 4.78 is 10.8. The number of benzene rings is 1. The van der Waals surface area contributed by atoms with E-state index in [1.54, 1.807) is 4.90 Å². The Labute approximate surface area is 146 Å². The lowest BCUT2D eigenvalue weighted by Crippen LogP contribution is -2.56. The molecule has 0 radical (unpaired) electrons. The predicted molar refractivity (Wildman–Crippen MR) is 91.6 cm³/mol. The largest absolute Gasteiger partial charge is 0.464 e. The van der Waals surface area contributed by atoms with Gasteiger partial charge in [-0.25, -0.2) is 0 Å². The number of morpholine rings is 1. The molecule has 6 nitrogen and oxygen atoms in total. The number of carbonyl (C=O) groups is 2. The van der Waals surface area contributed by atoms with Crippen molar-refractivity contribution in [2.75, 3.05) is 13.2 Å². The van der Waals surface area contributed by atoms with E-state index >= 15 is 0 Å². The van der Waals surface area contributed by atoms with E-state index in [0.717, 1.165) is 11.3 Å². The highest BCUT2D eigenvalue weighted by molar-refractivity contribution is 5.89. The van der Waals surface area contributed by atoms with Crippen LogP contribution >= 0.6 is 0 Å². The molecule has 2 atom stereocenters. The van der Waals surface area contributed by atoms with Crippen LogP contribution in [0.4, 0.5) is 0 Å². The fourth-order valence-electron chi connectivity index (χ4n) is 2.87. The minimum atomic E-state index is -0.653. The molecular weight excluding hydrogens is 320 g/mol. The van der Waals surface area contributed by atoms with Crippen molar-refractivity contribution in [3.05, 3.63) is 59.5 Å². The quantitative estimate of drug-likeness (QED) is 0.904. The second-order valence-electron chi connectivity index (χ2n) is 6.22. The first-order valence-corrected chi connectivity index (χ1v) is 8.32. The number of carbonyl (C=O) groups excluding carboxylic acids is 2. The molecule has 132 valence electrons. The van der Waals surface area contributed by atoms with Gasteiger partial charge in [0, 0.05) is 6.54 Å². The standard InChI is InChI=1S/C19H22N2O4/c1-13-8-9-17(25-13)14(2)20-19(23)16-11-24-12-18(22)21(16)10-15-6-4-3-5-7-15/h3-9,14,16H,10-12H2,1-2H3,(H,20,23)/t14-,16+/m1/s1. The fraction of sp³-hybridized carbons (Fsp3) is 0.368. The molecule has 6 heteroatoms. The number of hydrogen-bond acceptors (Lipinski definition) is 4. The Hall–Kier alpha value is -2.60. The van der Waals surface area contributed by atoms with Crippen LogP contribution < -0.4 is 5.32 Å². The Kier molecular flexibility index (Phi) is 5.19. The van der Waals surface area contributed by atoms with Gasteiger partial charge in [0.1, 0.15) is 24.2 Å². The Balaban J connectivity index is 1.71. The van der Waals surface area contributed by atoms with Crippen LogP contribution in [0.3, 0.4) is 0 Å². The molecule has 0 bridgehead atoms. The van der Waals surface area contributed by atoms with E-state index in [2.05, 4.69) is 5.32 Å². The molecule has 1 saturated heterocycles. The van der Waals surface area contributed by atoms with Crippen LogP contribution in [-0.4, -0.2) is 36.0 Å². The van der Waals surface area contributed by atoms with E-state index < -0.39 is 6.04 Å². The minimum absolute atomic E-state index is 0.00352. The molecule has 2 heterocycles. The number of amides is 2. The van der Waals surface area contributed by atoms with Gasteiger partial charge in [-0.15, -0.1) is 0 Å². The van der Waals surface area contributed by atoms with Crippen molar-refractivity contribution in [3.8, 4) is 0 Å². The van der Waals surface area contributed by atoms with Crippen molar-refractivity contribution < 1.29 is 18.7 Å². The normalized spacial score (nSPS) is 18.9. The maximum absolute atomic E-state index is 12.7. The molecule has 0 saturated carbocycles. The summed E-state index contributed by atoms with van der Waals surface area (Å²) >= 11 is 0. The van der Waals surface area contributed by atoms with Gasteiger partial charge in [-0.1, -0.05) is 30.3 Å². The highest BCUT2D eigenvalue weighted by Crippen LogP contribution is 2.18. The van der Waals surface area contributed by atoms with E-state index in [0.29, 0.717) is 12.3 Å². The summed E-state index contributed by atoms with van der Waals surface area (Å²) in [6, 6.07) is 12.4. The van der Waals surface area contributed by atoms with E-state index in [9.17, 15) is 9.59 Å². The van der Waals surface area contributed by atoms with Crippen molar-refractivity contribution in [3.63, 3.8) is 0 Å². The van der Waals surface area contributed by atoms with Crippen molar-refractivity contribution in [2.45, 2.75) is 32.5 Å². The molecule has 2 amide bonds. The highest BCUT2D eigenvalue weighted by atomic mass is 16.5. The van der Waals surface area contributed by atoms with Gasteiger partial charge in [-0.3, -0.25) is 9.59 Å². The summed E-state index contributed by atoms with van der Waals surface area (Å²) in [4.78, 5) is 26.6. The smallest absolute Gasteiger partial charge is 0.249 e. The van der Waals surface area contributed by atoms with Gasteiger partial charge in [0.2, 0.25) is 11.8 Å². The minimum Gasteiger partial charge on any atom is -0.464 e. The lowest BCUT2D eigenvalue weighted by Gasteiger charge is -2.35. The fourth-order valence-corrected chi connectivity index (χ4v) is 2.87. The van der Waals surface area contributed by atoms with Crippen LogP contribution in [0.25, 0.3) is 0 Å². The molecule has 0 aliphatic carbocycles. The maximum atomic E-state index is 12.7. The number of hydrogen-bond donors (Lipinski definition) is 1. The number of aryl methyl sites for hydroxylation is 1. The van der Waals surface area contributed by atoms with Gasteiger partial charge in [0.05, 0.1) is 12.6 Å². The first-order valence-electron chi connectivity index (χ1n) is 8.32. The monoisotopic (exact) mass is 342 g/mol. The molecule has 3 rings (SSSR count). The van der Waals surface area contributed by atoms with Gasteiger partial charge >= 0.3 is 0 Å². The van der Waals surface area contributed by atoms with Crippen LogP contribution in [0.5, 0.6) is 0 Å². The van der Waals surface area contributed by atoms with Crippen LogP contribution in [0.15, 0.2) is 46.9 Å². The van der Waals surface area contributed by atoms with E-state index in [4.69, 9.17) is 9.15 Å². The van der Waals surface area contributed by atoms with Gasteiger partial charge in [-0.05, 0) is 31.5 Å². The van der Waals surface area contributed by atoms with E-state index in [-0.39, 0.29) is 31.1 Å². The Bertz CT molecular complexity index is 741. The lowest BCUT2D eigenvalue weighted by atomic mass is 10.1.